The van der Waals surface area contributed by atoms with Crippen LogP contribution >= 0.6 is 0 Å². The van der Waals surface area contributed by atoms with Crippen molar-refractivity contribution in [1.82, 2.24) is 15.0 Å². The van der Waals surface area contributed by atoms with Gasteiger partial charge in [-0.05, 0) is 18.4 Å². The number of hydrogen-bond acceptors (Lipinski definition) is 5. The lowest BCUT2D eigenvalue weighted by Crippen LogP contribution is -2.36. The van der Waals surface area contributed by atoms with E-state index in [1.54, 1.807) is 0 Å². The van der Waals surface area contributed by atoms with Crippen LogP contribution in [-0.4, -0.2) is 46.4 Å². The Bertz CT molecular complexity index is 915. The van der Waals surface area contributed by atoms with Crippen molar-refractivity contribution in [3.8, 4) is 11.4 Å². The molecule has 0 radical (unpaired) electrons. The van der Waals surface area contributed by atoms with Crippen LogP contribution in [0.3, 0.4) is 0 Å². The Hall–Kier alpha value is -2.89. The minimum Gasteiger partial charge on any atom is -0.376 e. The molecule has 0 N–H and O–H groups in total. The molecule has 2 heterocycles. The molecule has 1 aliphatic rings. The SMILES string of the molecule is O=C(C=CC(F)(F)F)N(Cc1ccc(-c2noc(C(F)(F)F)n2)cc1)CC1CCCO1. The number of ether oxygens (including phenoxy) is 1. The first-order valence-electron chi connectivity index (χ1n) is 9.18. The lowest BCUT2D eigenvalue weighted by atomic mass is 10.1. The molecule has 1 unspecified atom stereocenters. The van der Waals surface area contributed by atoms with Crippen molar-refractivity contribution in [2.24, 2.45) is 0 Å². The molecule has 3 rings (SSSR count). The van der Waals surface area contributed by atoms with Crippen molar-refractivity contribution in [2.45, 2.75) is 37.8 Å². The zero-order valence-electron chi connectivity index (χ0n) is 15.9. The molecule has 0 spiro atoms. The number of rotatable bonds is 6. The molecule has 1 atom stereocenters. The molecule has 12 heteroatoms. The predicted molar refractivity (Wildman–Crippen MR) is 94.3 cm³/mol. The van der Waals surface area contributed by atoms with Crippen LogP contribution in [0.5, 0.6) is 0 Å². The van der Waals surface area contributed by atoms with Crippen molar-refractivity contribution in [2.75, 3.05) is 13.2 Å². The smallest absolute Gasteiger partial charge is 0.376 e. The van der Waals surface area contributed by atoms with Gasteiger partial charge in [0.25, 0.3) is 0 Å². The molecule has 0 aliphatic carbocycles. The van der Waals surface area contributed by atoms with Crippen LogP contribution in [0.25, 0.3) is 11.4 Å². The van der Waals surface area contributed by atoms with Crippen molar-refractivity contribution in [1.29, 1.82) is 0 Å². The summed E-state index contributed by atoms with van der Waals surface area (Å²) in [4.78, 5) is 16.8. The van der Waals surface area contributed by atoms with Crippen molar-refractivity contribution < 1.29 is 40.4 Å². The first kappa shape index (κ1) is 22.8. The van der Waals surface area contributed by atoms with E-state index in [2.05, 4.69) is 14.7 Å². The number of nitrogens with zero attached hydrogens (tertiary/aromatic N) is 3. The summed E-state index contributed by atoms with van der Waals surface area (Å²) in [6.07, 6.45) is -7.85. The number of hydrogen-bond donors (Lipinski definition) is 0. The van der Waals surface area contributed by atoms with Gasteiger partial charge in [0.15, 0.2) is 0 Å². The van der Waals surface area contributed by atoms with E-state index >= 15 is 0 Å². The molecule has 31 heavy (non-hydrogen) atoms. The van der Waals surface area contributed by atoms with Crippen LogP contribution in [-0.2, 0) is 22.3 Å². The van der Waals surface area contributed by atoms with Crippen molar-refractivity contribution >= 4 is 5.91 Å². The van der Waals surface area contributed by atoms with Gasteiger partial charge in [-0.2, -0.15) is 31.3 Å². The lowest BCUT2D eigenvalue weighted by Gasteiger charge is -2.24. The number of alkyl halides is 6. The maximum Gasteiger partial charge on any atom is 0.471 e. The number of aromatic nitrogens is 2. The highest BCUT2D eigenvalue weighted by Gasteiger charge is 2.38. The summed E-state index contributed by atoms with van der Waals surface area (Å²) in [7, 11) is 0. The Labute approximate surface area is 172 Å². The fraction of sp³-hybridized carbons (Fsp3) is 0.421. The van der Waals surface area contributed by atoms with Gasteiger partial charge in [0.05, 0.1) is 6.10 Å². The second-order valence-corrected chi connectivity index (χ2v) is 6.85. The number of carbonyl (C=O) groups excluding carboxylic acids is 1. The number of allylic oxidation sites excluding steroid dienone is 1. The van der Waals surface area contributed by atoms with E-state index in [0.29, 0.717) is 24.7 Å². The average molecular weight is 449 g/mol. The molecule has 1 amide bonds. The van der Waals surface area contributed by atoms with Crippen LogP contribution in [0.15, 0.2) is 40.9 Å². The highest BCUT2D eigenvalue weighted by atomic mass is 19.4. The summed E-state index contributed by atoms with van der Waals surface area (Å²) in [5, 5.41) is 3.28. The molecular formula is C19H17F6N3O3. The fourth-order valence-electron chi connectivity index (χ4n) is 2.97. The third-order valence-corrected chi connectivity index (χ3v) is 4.43. The van der Waals surface area contributed by atoms with Crippen molar-refractivity contribution in [3.05, 3.63) is 47.9 Å². The number of halogens is 6. The number of benzene rings is 1. The summed E-state index contributed by atoms with van der Waals surface area (Å²) >= 11 is 0. The van der Waals surface area contributed by atoms with E-state index in [-0.39, 0.29) is 36.7 Å². The topological polar surface area (TPSA) is 68.5 Å². The molecule has 6 nitrogen and oxygen atoms in total. The first-order valence-corrected chi connectivity index (χ1v) is 9.18. The predicted octanol–water partition coefficient (Wildman–Crippen LogP) is 4.38. The second-order valence-electron chi connectivity index (χ2n) is 6.85. The molecule has 1 aliphatic heterocycles. The number of amides is 1. The standard InChI is InChI=1S/C19H17F6N3O3/c20-18(21,22)8-7-15(29)28(11-14-2-1-9-30-14)10-12-3-5-13(6-4-12)16-26-17(31-27-16)19(23,24)25/h3-8,14H,1-2,9-11H2. The molecule has 168 valence electrons. The molecule has 1 fully saturated rings. The minimum atomic E-state index is -4.77. The van der Waals surface area contributed by atoms with Gasteiger partial charge in [-0.3, -0.25) is 4.79 Å². The van der Waals surface area contributed by atoms with Crippen LogP contribution in [0.2, 0.25) is 0 Å². The largest absolute Gasteiger partial charge is 0.471 e. The van der Waals surface area contributed by atoms with Gasteiger partial charge in [-0.1, -0.05) is 29.4 Å². The van der Waals surface area contributed by atoms with E-state index in [0.717, 1.165) is 6.42 Å². The van der Waals surface area contributed by atoms with Crippen molar-refractivity contribution in [3.63, 3.8) is 0 Å². The Balaban J connectivity index is 1.73. The Morgan fingerprint density at radius 3 is 2.42 bits per heavy atom. The normalized spacial score (nSPS) is 17.4. The first-order chi connectivity index (χ1) is 14.5. The molecule has 0 saturated carbocycles. The summed E-state index contributed by atoms with van der Waals surface area (Å²) in [5.74, 6) is -2.57. The van der Waals surface area contributed by atoms with Gasteiger partial charge in [-0.15, -0.1) is 0 Å². The highest BCUT2D eigenvalue weighted by Crippen LogP contribution is 2.29. The second kappa shape index (κ2) is 9.08. The van der Waals surface area contributed by atoms with E-state index in [1.165, 1.54) is 29.2 Å². The monoisotopic (exact) mass is 449 g/mol. The van der Waals surface area contributed by atoms with Gasteiger partial charge in [0.1, 0.15) is 0 Å². The third-order valence-electron chi connectivity index (χ3n) is 4.43. The van der Waals surface area contributed by atoms with E-state index in [1.807, 2.05) is 0 Å². The average Bonchev–Trinajstić information content (AvgIpc) is 3.37. The molecule has 1 aromatic heterocycles. The van der Waals surface area contributed by atoms with E-state index < -0.39 is 24.2 Å². The molecule has 2 aromatic rings. The summed E-state index contributed by atoms with van der Waals surface area (Å²) in [6.45, 7) is 0.619. The maximum absolute atomic E-state index is 12.6. The van der Waals surface area contributed by atoms with Crippen LogP contribution < -0.4 is 0 Å². The lowest BCUT2D eigenvalue weighted by molar-refractivity contribution is -0.159. The number of carbonyl (C=O) groups is 1. The maximum atomic E-state index is 12.6. The van der Waals surface area contributed by atoms with Crippen LogP contribution in [0.1, 0.15) is 24.3 Å². The summed E-state index contributed by atoms with van der Waals surface area (Å²) in [5.41, 5.74) is 0.798. The quantitative estimate of drug-likeness (QED) is 0.484. The molecule has 1 aromatic carbocycles. The Morgan fingerprint density at radius 2 is 1.87 bits per heavy atom. The summed E-state index contributed by atoms with van der Waals surface area (Å²) < 4.78 is 84.7. The third kappa shape index (κ3) is 6.54. The summed E-state index contributed by atoms with van der Waals surface area (Å²) in [6, 6.07) is 5.89. The zero-order chi connectivity index (χ0) is 22.6. The molecule has 0 bridgehead atoms. The van der Waals surface area contributed by atoms with Gasteiger partial charge in [0, 0.05) is 37.4 Å². The molecular weight excluding hydrogens is 432 g/mol. The van der Waals surface area contributed by atoms with Crippen LogP contribution in [0.4, 0.5) is 26.3 Å². The fourth-order valence-corrected chi connectivity index (χ4v) is 2.97. The Kier molecular flexibility index (Phi) is 6.68. The minimum absolute atomic E-state index is 0.0127. The van der Waals surface area contributed by atoms with Gasteiger partial charge >= 0.3 is 18.2 Å². The Morgan fingerprint density at radius 1 is 1.16 bits per heavy atom. The van der Waals surface area contributed by atoms with Crippen LogP contribution in [0, 0.1) is 0 Å². The van der Waals surface area contributed by atoms with E-state index in [9.17, 15) is 31.1 Å². The van der Waals surface area contributed by atoms with Gasteiger partial charge < -0.3 is 14.2 Å². The molecule has 1 saturated heterocycles. The van der Waals surface area contributed by atoms with Gasteiger partial charge in [-0.25, -0.2) is 0 Å². The zero-order valence-corrected chi connectivity index (χ0v) is 15.9. The highest BCUT2D eigenvalue weighted by molar-refractivity contribution is 5.87. The van der Waals surface area contributed by atoms with Gasteiger partial charge in [0.2, 0.25) is 11.7 Å². The van der Waals surface area contributed by atoms with E-state index in [4.69, 9.17) is 4.74 Å².